The average Bonchev–Trinajstić information content (AvgIpc) is 3.52. The molecule has 0 amide bonds. The fraction of sp³-hybridized carbons (Fsp3) is 0.474. The molecule has 6 heteroatoms. The molecule has 2 N–H and O–H groups in total. The van der Waals surface area contributed by atoms with Gasteiger partial charge in [-0.15, -0.1) is 0 Å². The van der Waals surface area contributed by atoms with Gasteiger partial charge in [0.15, 0.2) is 0 Å². The van der Waals surface area contributed by atoms with Crippen molar-refractivity contribution in [2.75, 3.05) is 42.9 Å². The molecule has 0 radical (unpaired) electrons. The van der Waals surface area contributed by atoms with E-state index in [1.807, 2.05) is 36.4 Å². The van der Waals surface area contributed by atoms with E-state index in [0.29, 0.717) is 6.54 Å². The van der Waals surface area contributed by atoms with Crippen molar-refractivity contribution in [3.8, 4) is 0 Å². The summed E-state index contributed by atoms with van der Waals surface area (Å²) in [5.41, 5.74) is 0.903. The zero-order valence-electron chi connectivity index (χ0n) is 14.4. The van der Waals surface area contributed by atoms with E-state index in [1.165, 1.54) is 12.8 Å². The largest absolute Gasteiger partial charge is 0.387 e. The number of hydrogen-bond acceptors (Lipinski definition) is 6. The number of anilines is 2. The van der Waals surface area contributed by atoms with E-state index in [1.54, 1.807) is 6.33 Å². The van der Waals surface area contributed by atoms with Gasteiger partial charge in [0.05, 0.1) is 6.10 Å². The molecule has 25 heavy (non-hydrogen) atoms. The molecule has 0 spiro atoms. The maximum atomic E-state index is 10.3. The van der Waals surface area contributed by atoms with E-state index in [2.05, 4.69) is 25.1 Å². The van der Waals surface area contributed by atoms with Crippen molar-refractivity contribution < 1.29 is 5.11 Å². The molecule has 132 valence electrons. The second-order valence-electron chi connectivity index (χ2n) is 6.82. The van der Waals surface area contributed by atoms with Gasteiger partial charge in [0.25, 0.3) is 0 Å². The van der Waals surface area contributed by atoms with E-state index in [0.717, 1.165) is 49.4 Å². The number of benzene rings is 1. The molecule has 1 atom stereocenters. The molecule has 4 rings (SSSR count). The van der Waals surface area contributed by atoms with Crippen LogP contribution in [-0.2, 0) is 0 Å². The fourth-order valence-electron chi connectivity index (χ4n) is 3.37. The Morgan fingerprint density at radius 3 is 2.56 bits per heavy atom. The topological polar surface area (TPSA) is 64.5 Å². The number of aromatic nitrogens is 2. The van der Waals surface area contributed by atoms with E-state index in [4.69, 9.17) is 0 Å². The third kappa shape index (κ3) is 4.08. The van der Waals surface area contributed by atoms with Gasteiger partial charge in [-0.25, -0.2) is 9.97 Å². The molecular formula is C19H25N5O. The summed E-state index contributed by atoms with van der Waals surface area (Å²) in [5.74, 6) is 1.71. The predicted molar refractivity (Wildman–Crippen MR) is 98.7 cm³/mol. The van der Waals surface area contributed by atoms with Crippen molar-refractivity contribution in [1.82, 2.24) is 14.9 Å². The quantitative estimate of drug-likeness (QED) is 0.838. The Bertz CT molecular complexity index is 683. The Morgan fingerprint density at radius 1 is 1.08 bits per heavy atom. The number of nitrogens with zero attached hydrogens (tertiary/aromatic N) is 4. The fourth-order valence-corrected chi connectivity index (χ4v) is 3.37. The first-order valence-corrected chi connectivity index (χ1v) is 9.07. The Balaban J connectivity index is 1.33. The number of piperazine rings is 1. The first-order valence-electron chi connectivity index (χ1n) is 9.07. The van der Waals surface area contributed by atoms with Gasteiger partial charge in [0.2, 0.25) is 0 Å². The Morgan fingerprint density at radius 2 is 1.84 bits per heavy atom. The molecule has 1 saturated heterocycles. The van der Waals surface area contributed by atoms with Crippen molar-refractivity contribution in [3.63, 3.8) is 0 Å². The molecule has 1 saturated carbocycles. The summed E-state index contributed by atoms with van der Waals surface area (Å²) in [4.78, 5) is 13.6. The third-order valence-electron chi connectivity index (χ3n) is 5.02. The van der Waals surface area contributed by atoms with Gasteiger partial charge in [-0.1, -0.05) is 30.3 Å². The first-order chi connectivity index (χ1) is 12.3. The highest BCUT2D eigenvalue weighted by atomic mass is 16.3. The zero-order chi connectivity index (χ0) is 17.1. The molecule has 1 aliphatic carbocycles. The third-order valence-corrected chi connectivity index (χ3v) is 5.02. The number of nitrogens with one attached hydrogen (secondary N) is 1. The average molecular weight is 339 g/mol. The number of hydrogen-bond donors (Lipinski definition) is 2. The first kappa shape index (κ1) is 16.3. The maximum absolute atomic E-state index is 10.3. The molecule has 6 nitrogen and oxygen atoms in total. The molecule has 1 unspecified atom stereocenters. The van der Waals surface area contributed by atoms with Crippen LogP contribution in [0.3, 0.4) is 0 Å². The molecule has 2 fully saturated rings. The van der Waals surface area contributed by atoms with Gasteiger partial charge in [-0.2, -0.15) is 0 Å². The lowest BCUT2D eigenvalue weighted by molar-refractivity contribution is 0.191. The van der Waals surface area contributed by atoms with Crippen molar-refractivity contribution in [1.29, 1.82) is 0 Å². The molecule has 0 bridgehead atoms. The van der Waals surface area contributed by atoms with Crippen LogP contribution in [0.2, 0.25) is 0 Å². The van der Waals surface area contributed by atoms with Crippen LogP contribution in [0.25, 0.3) is 0 Å². The summed E-state index contributed by atoms with van der Waals surface area (Å²) < 4.78 is 0. The van der Waals surface area contributed by atoms with Crippen molar-refractivity contribution >= 4 is 11.6 Å². The monoisotopic (exact) mass is 339 g/mol. The summed E-state index contributed by atoms with van der Waals surface area (Å²) in [6, 6.07) is 12.5. The lowest BCUT2D eigenvalue weighted by atomic mass is 10.1. The van der Waals surface area contributed by atoms with Crippen molar-refractivity contribution in [3.05, 3.63) is 48.3 Å². The minimum absolute atomic E-state index is 0.427. The highest BCUT2D eigenvalue weighted by Gasteiger charge is 2.31. The Kier molecular flexibility index (Phi) is 4.81. The zero-order valence-corrected chi connectivity index (χ0v) is 14.4. The molecule has 1 aromatic carbocycles. The molecule has 1 aliphatic heterocycles. The number of aliphatic hydroxyl groups excluding tert-OH is 1. The predicted octanol–water partition coefficient (Wildman–Crippen LogP) is 1.91. The van der Waals surface area contributed by atoms with Gasteiger partial charge in [0.1, 0.15) is 18.0 Å². The SMILES string of the molecule is OC(CNc1cc(N2CCN(C3CC3)CC2)ncn1)c1ccccc1. The highest BCUT2D eigenvalue weighted by Crippen LogP contribution is 2.28. The summed E-state index contributed by atoms with van der Waals surface area (Å²) >= 11 is 0. The van der Waals surface area contributed by atoms with Crippen LogP contribution < -0.4 is 10.2 Å². The summed E-state index contributed by atoms with van der Waals surface area (Å²) in [5, 5.41) is 13.5. The number of aliphatic hydroxyl groups is 1. The van der Waals surface area contributed by atoms with Crippen LogP contribution in [0.5, 0.6) is 0 Å². The second kappa shape index (κ2) is 7.37. The normalized spacial score (nSPS) is 19.6. The summed E-state index contributed by atoms with van der Waals surface area (Å²) in [6.45, 7) is 4.68. The van der Waals surface area contributed by atoms with E-state index in [-0.39, 0.29) is 0 Å². The smallest absolute Gasteiger partial charge is 0.134 e. The van der Waals surface area contributed by atoms with Gasteiger partial charge in [-0.3, -0.25) is 4.90 Å². The van der Waals surface area contributed by atoms with Crippen LogP contribution in [0.15, 0.2) is 42.7 Å². The minimum atomic E-state index is -0.554. The maximum Gasteiger partial charge on any atom is 0.134 e. The Labute approximate surface area is 148 Å². The van der Waals surface area contributed by atoms with Crippen LogP contribution in [0, 0.1) is 0 Å². The van der Waals surface area contributed by atoms with Crippen LogP contribution in [0.4, 0.5) is 11.6 Å². The van der Waals surface area contributed by atoms with Gasteiger partial charge in [0, 0.05) is 44.8 Å². The van der Waals surface area contributed by atoms with Crippen LogP contribution in [0.1, 0.15) is 24.5 Å². The van der Waals surface area contributed by atoms with E-state index < -0.39 is 6.10 Å². The summed E-state index contributed by atoms with van der Waals surface area (Å²) in [7, 11) is 0. The minimum Gasteiger partial charge on any atom is -0.387 e. The second-order valence-corrected chi connectivity index (χ2v) is 6.82. The summed E-state index contributed by atoms with van der Waals surface area (Å²) in [6.07, 6.45) is 3.78. The van der Waals surface area contributed by atoms with Gasteiger partial charge >= 0.3 is 0 Å². The highest BCUT2D eigenvalue weighted by molar-refractivity contribution is 5.49. The van der Waals surface area contributed by atoms with Crippen LogP contribution >= 0.6 is 0 Å². The molecular weight excluding hydrogens is 314 g/mol. The van der Waals surface area contributed by atoms with Crippen LogP contribution in [-0.4, -0.2) is 58.7 Å². The van der Waals surface area contributed by atoms with Gasteiger partial charge < -0.3 is 15.3 Å². The van der Waals surface area contributed by atoms with Crippen molar-refractivity contribution in [2.24, 2.45) is 0 Å². The van der Waals surface area contributed by atoms with Crippen molar-refractivity contribution in [2.45, 2.75) is 25.0 Å². The van der Waals surface area contributed by atoms with E-state index >= 15 is 0 Å². The lowest BCUT2D eigenvalue weighted by Crippen LogP contribution is -2.47. The Hall–Kier alpha value is -2.18. The van der Waals surface area contributed by atoms with E-state index in [9.17, 15) is 5.11 Å². The lowest BCUT2D eigenvalue weighted by Gasteiger charge is -2.35. The molecule has 2 aromatic rings. The number of rotatable bonds is 6. The molecule has 1 aromatic heterocycles. The molecule has 2 heterocycles. The van der Waals surface area contributed by atoms with Gasteiger partial charge in [-0.05, 0) is 18.4 Å². The standard InChI is InChI=1S/C19H25N5O/c25-17(15-4-2-1-3-5-15)13-20-18-12-19(22-14-21-18)24-10-8-23(9-11-24)16-6-7-16/h1-5,12,14,16-17,25H,6-11,13H2,(H,20,21,22). The molecule has 2 aliphatic rings.